The minimum Gasteiger partial charge on any atom is -0.321 e. The number of aromatic nitrogens is 2. The molecule has 0 aromatic carbocycles. The summed E-state index contributed by atoms with van der Waals surface area (Å²) in [5.41, 5.74) is 6.30. The van der Waals surface area contributed by atoms with Crippen LogP contribution >= 0.6 is 0 Å². The van der Waals surface area contributed by atoms with E-state index in [1.807, 2.05) is 13.8 Å². The van der Waals surface area contributed by atoms with Crippen LogP contribution in [0.5, 0.6) is 0 Å². The summed E-state index contributed by atoms with van der Waals surface area (Å²) in [6.45, 7) is 3.86. The predicted molar refractivity (Wildman–Crippen MR) is 50.4 cm³/mol. The quantitative estimate of drug-likeness (QED) is 0.694. The molecule has 0 radical (unpaired) electrons. The van der Waals surface area contributed by atoms with Crippen molar-refractivity contribution in [2.24, 2.45) is 18.7 Å². The fourth-order valence-corrected chi connectivity index (χ4v) is 1.09. The van der Waals surface area contributed by atoms with Crippen LogP contribution in [0.25, 0.3) is 0 Å². The highest BCUT2D eigenvalue weighted by Crippen LogP contribution is 2.07. The van der Waals surface area contributed by atoms with Crippen LogP contribution in [0.2, 0.25) is 0 Å². The lowest BCUT2D eigenvalue weighted by Crippen LogP contribution is -2.36. The number of nitrogens with two attached hydrogens (primary N) is 1. The van der Waals surface area contributed by atoms with Gasteiger partial charge in [-0.15, -0.1) is 0 Å². The van der Waals surface area contributed by atoms with E-state index >= 15 is 0 Å². The molecule has 0 saturated carbocycles. The number of rotatable bonds is 3. The predicted octanol–water partition coefficient (Wildman–Crippen LogP) is 0.586. The maximum absolute atomic E-state index is 11.7. The topological polar surface area (TPSA) is 60.9 Å². The second kappa shape index (κ2) is 3.70. The summed E-state index contributed by atoms with van der Waals surface area (Å²) in [6, 6.07) is 1.25. The average molecular weight is 181 g/mol. The van der Waals surface area contributed by atoms with E-state index in [9.17, 15) is 4.79 Å². The van der Waals surface area contributed by atoms with Gasteiger partial charge in [-0.25, -0.2) is 0 Å². The molecule has 4 heteroatoms. The first-order valence-corrected chi connectivity index (χ1v) is 4.32. The Hall–Kier alpha value is -1.16. The molecule has 1 aromatic heterocycles. The molecule has 2 N–H and O–H groups in total. The van der Waals surface area contributed by atoms with E-state index in [-0.39, 0.29) is 11.7 Å². The van der Waals surface area contributed by atoms with Gasteiger partial charge >= 0.3 is 0 Å². The molecule has 72 valence electrons. The summed E-state index contributed by atoms with van der Waals surface area (Å²) in [5, 5.41) is 3.92. The maximum Gasteiger partial charge on any atom is 0.197 e. The monoisotopic (exact) mass is 181 g/mol. The highest BCUT2D eigenvalue weighted by molar-refractivity contribution is 5.98. The van der Waals surface area contributed by atoms with E-state index in [4.69, 9.17) is 5.73 Å². The smallest absolute Gasteiger partial charge is 0.197 e. The third kappa shape index (κ3) is 1.95. The minimum atomic E-state index is -0.435. The van der Waals surface area contributed by atoms with Crippen LogP contribution in [0.4, 0.5) is 0 Å². The molecule has 0 aliphatic heterocycles. The lowest BCUT2D eigenvalue weighted by molar-refractivity contribution is 0.0931. The van der Waals surface area contributed by atoms with Crippen molar-refractivity contribution in [1.29, 1.82) is 0 Å². The van der Waals surface area contributed by atoms with Crippen molar-refractivity contribution in [3.8, 4) is 0 Å². The van der Waals surface area contributed by atoms with Gasteiger partial charge in [0, 0.05) is 13.2 Å². The van der Waals surface area contributed by atoms with Crippen LogP contribution < -0.4 is 5.73 Å². The summed E-state index contributed by atoms with van der Waals surface area (Å²) >= 11 is 0. The molecule has 0 spiro atoms. The van der Waals surface area contributed by atoms with Crippen molar-refractivity contribution in [2.75, 3.05) is 0 Å². The number of aryl methyl sites for hydroxylation is 1. The standard InChI is InChI=1S/C9H15N3O/c1-6(2)8(10)9(13)7-4-5-11-12(7)3/h4-6,8H,10H2,1-3H3/t8-/m0/s1. The summed E-state index contributed by atoms with van der Waals surface area (Å²) in [5.74, 6) is 0.109. The first kappa shape index (κ1) is 9.92. The molecule has 0 aliphatic rings. The number of carbonyl (C=O) groups excluding carboxylic acids is 1. The third-order valence-electron chi connectivity index (χ3n) is 2.09. The number of nitrogens with zero attached hydrogens (tertiary/aromatic N) is 2. The van der Waals surface area contributed by atoms with Gasteiger partial charge in [0.1, 0.15) is 5.69 Å². The first-order valence-electron chi connectivity index (χ1n) is 4.32. The van der Waals surface area contributed by atoms with Gasteiger partial charge in [-0.1, -0.05) is 13.8 Å². The lowest BCUT2D eigenvalue weighted by atomic mass is 9.99. The number of hydrogen-bond acceptors (Lipinski definition) is 3. The number of hydrogen-bond donors (Lipinski definition) is 1. The lowest BCUT2D eigenvalue weighted by Gasteiger charge is -2.13. The van der Waals surface area contributed by atoms with Crippen molar-refractivity contribution >= 4 is 5.78 Å². The van der Waals surface area contributed by atoms with Gasteiger partial charge in [0.05, 0.1) is 6.04 Å². The molecule has 0 unspecified atom stereocenters. The second-order valence-corrected chi connectivity index (χ2v) is 3.47. The molecule has 13 heavy (non-hydrogen) atoms. The van der Waals surface area contributed by atoms with Gasteiger partial charge < -0.3 is 5.73 Å². The van der Waals surface area contributed by atoms with Crippen LogP contribution in [0.3, 0.4) is 0 Å². The molecule has 0 aliphatic carbocycles. The maximum atomic E-state index is 11.7. The Labute approximate surface area is 77.7 Å². The Bertz CT molecular complexity index is 304. The van der Waals surface area contributed by atoms with Crippen LogP contribution in [0.15, 0.2) is 12.3 Å². The van der Waals surface area contributed by atoms with Crippen molar-refractivity contribution in [3.05, 3.63) is 18.0 Å². The molecular formula is C9H15N3O. The zero-order chi connectivity index (χ0) is 10.0. The van der Waals surface area contributed by atoms with Gasteiger partial charge in [-0.3, -0.25) is 9.48 Å². The fraction of sp³-hybridized carbons (Fsp3) is 0.556. The summed E-state index contributed by atoms with van der Waals surface area (Å²) in [4.78, 5) is 11.7. The summed E-state index contributed by atoms with van der Waals surface area (Å²) < 4.78 is 1.55. The molecule has 0 amide bonds. The Balaban J connectivity index is 2.86. The molecular weight excluding hydrogens is 166 g/mol. The zero-order valence-electron chi connectivity index (χ0n) is 8.19. The van der Waals surface area contributed by atoms with Crippen LogP contribution in [0.1, 0.15) is 24.3 Å². The van der Waals surface area contributed by atoms with Gasteiger partial charge in [0.2, 0.25) is 0 Å². The number of ketones is 1. The van der Waals surface area contributed by atoms with Crippen molar-refractivity contribution in [3.63, 3.8) is 0 Å². The Morgan fingerprint density at radius 2 is 2.23 bits per heavy atom. The van der Waals surface area contributed by atoms with Crippen LogP contribution in [-0.2, 0) is 7.05 Å². The van der Waals surface area contributed by atoms with E-state index in [1.165, 1.54) is 0 Å². The van der Waals surface area contributed by atoms with Crippen molar-refractivity contribution in [2.45, 2.75) is 19.9 Å². The molecule has 1 heterocycles. The molecule has 1 atom stereocenters. The fourth-order valence-electron chi connectivity index (χ4n) is 1.09. The molecule has 0 fully saturated rings. The highest BCUT2D eigenvalue weighted by Gasteiger charge is 2.20. The van der Waals surface area contributed by atoms with E-state index < -0.39 is 6.04 Å². The minimum absolute atomic E-state index is 0.0463. The van der Waals surface area contributed by atoms with Gasteiger partial charge in [0.15, 0.2) is 5.78 Å². The van der Waals surface area contributed by atoms with Gasteiger partial charge in [0.25, 0.3) is 0 Å². The SMILES string of the molecule is CC(C)[C@H](N)C(=O)c1ccnn1C. The first-order chi connectivity index (χ1) is 6.04. The number of Topliss-reactive ketones (excluding diaryl/α,β-unsaturated/α-hetero) is 1. The average Bonchev–Trinajstić information content (AvgIpc) is 2.48. The van der Waals surface area contributed by atoms with Crippen molar-refractivity contribution in [1.82, 2.24) is 9.78 Å². The third-order valence-corrected chi connectivity index (χ3v) is 2.09. The van der Waals surface area contributed by atoms with Gasteiger partial charge in [-0.05, 0) is 12.0 Å². The van der Waals surface area contributed by atoms with E-state index in [1.54, 1.807) is 24.0 Å². The second-order valence-electron chi connectivity index (χ2n) is 3.47. The molecule has 4 nitrogen and oxygen atoms in total. The van der Waals surface area contributed by atoms with Crippen LogP contribution in [-0.4, -0.2) is 21.6 Å². The molecule has 1 aromatic rings. The van der Waals surface area contributed by atoms with E-state index in [0.717, 1.165) is 0 Å². The Kier molecular flexibility index (Phi) is 2.83. The summed E-state index contributed by atoms with van der Waals surface area (Å²) in [7, 11) is 1.74. The van der Waals surface area contributed by atoms with E-state index in [2.05, 4.69) is 5.10 Å². The molecule has 1 rings (SSSR count). The molecule has 0 saturated heterocycles. The summed E-state index contributed by atoms with van der Waals surface area (Å²) in [6.07, 6.45) is 1.60. The Morgan fingerprint density at radius 1 is 1.62 bits per heavy atom. The number of carbonyl (C=O) groups is 1. The molecule has 0 bridgehead atoms. The van der Waals surface area contributed by atoms with Gasteiger partial charge in [-0.2, -0.15) is 5.10 Å². The highest BCUT2D eigenvalue weighted by atomic mass is 16.1. The van der Waals surface area contributed by atoms with E-state index in [0.29, 0.717) is 5.69 Å². The zero-order valence-corrected chi connectivity index (χ0v) is 8.19. The van der Waals surface area contributed by atoms with Crippen molar-refractivity contribution < 1.29 is 4.79 Å². The van der Waals surface area contributed by atoms with Crippen LogP contribution in [0, 0.1) is 5.92 Å². The Morgan fingerprint density at radius 3 is 2.62 bits per heavy atom. The normalized spacial score (nSPS) is 13.3. The largest absolute Gasteiger partial charge is 0.321 e.